The van der Waals surface area contributed by atoms with E-state index in [0.29, 0.717) is 6.54 Å². The molecule has 0 saturated heterocycles. The minimum Gasteiger partial charge on any atom is -0.259 e. The van der Waals surface area contributed by atoms with Crippen LogP contribution < -0.4 is 0 Å². The fourth-order valence-corrected chi connectivity index (χ4v) is 0.685. The van der Waals surface area contributed by atoms with Crippen LogP contribution in [-0.4, -0.2) is 9.78 Å². The smallest absolute Gasteiger partial charge is 0.102 e. The molecule has 1 rings (SSSR count). The van der Waals surface area contributed by atoms with Gasteiger partial charge in [0, 0.05) is 6.20 Å². The van der Waals surface area contributed by atoms with Crippen molar-refractivity contribution in [3.63, 3.8) is 0 Å². The van der Waals surface area contributed by atoms with E-state index in [1.54, 1.807) is 24.0 Å². The van der Waals surface area contributed by atoms with Crippen LogP contribution in [0.15, 0.2) is 12.4 Å². The first-order valence-electron chi connectivity index (χ1n) is 3.25. The lowest BCUT2D eigenvalue weighted by Crippen LogP contribution is -1.94. The summed E-state index contributed by atoms with van der Waals surface area (Å²) in [7, 11) is 0. The van der Waals surface area contributed by atoms with E-state index in [9.17, 15) is 0 Å². The molecule has 0 N–H and O–H groups in total. The van der Waals surface area contributed by atoms with Gasteiger partial charge >= 0.3 is 0 Å². The molecule has 0 fully saturated rings. The zero-order chi connectivity index (χ0) is 8.10. The highest BCUT2D eigenvalue weighted by atomic mass is 15.3. The van der Waals surface area contributed by atoms with Crippen molar-refractivity contribution in [2.45, 2.75) is 13.5 Å². The van der Waals surface area contributed by atoms with E-state index in [1.807, 2.05) is 0 Å². The molecule has 54 valence electrons. The van der Waals surface area contributed by atoms with Gasteiger partial charge in [0.05, 0.1) is 11.8 Å². The van der Waals surface area contributed by atoms with E-state index in [-0.39, 0.29) is 0 Å². The van der Waals surface area contributed by atoms with Gasteiger partial charge in [0.2, 0.25) is 0 Å². The number of rotatable bonds is 1. The highest BCUT2D eigenvalue weighted by Gasteiger charge is 1.90. The predicted octanol–water partition coefficient (Wildman–Crippen LogP) is 0.888. The molecule has 0 amide bonds. The van der Waals surface area contributed by atoms with Crippen molar-refractivity contribution in [3.8, 4) is 24.2 Å². The Kier molecular flexibility index (Phi) is 2.36. The Morgan fingerprint density at radius 1 is 1.73 bits per heavy atom. The van der Waals surface area contributed by atoms with Gasteiger partial charge in [0.25, 0.3) is 0 Å². The van der Waals surface area contributed by atoms with Crippen LogP contribution in [0.5, 0.6) is 0 Å². The lowest BCUT2D eigenvalue weighted by molar-refractivity contribution is 0.715. The summed E-state index contributed by atoms with van der Waals surface area (Å²) < 4.78 is 1.71. The average Bonchev–Trinajstić information content (AvgIpc) is 2.48. The lowest BCUT2D eigenvalue weighted by atomic mass is 10.4. The zero-order valence-electron chi connectivity index (χ0n) is 6.33. The predicted molar refractivity (Wildman–Crippen MR) is 43.6 cm³/mol. The molecule has 11 heavy (non-hydrogen) atoms. The third-order valence-corrected chi connectivity index (χ3v) is 1.22. The fourth-order valence-electron chi connectivity index (χ4n) is 0.685. The molecular weight excluding hydrogens is 136 g/mol. The van der Waals surface area contributed by atoms with Crippen LogP contribution >= 0.6 is 0 Å². The molecule has 1 aromatic rings. The van der Waals surface area contributed by atoms with Crippen molar-refractivity contribution in [3.05, 3.63) is 18.0 Å². The van der Waals surface area contributed by atoms with Gasteiger partial charge in [-0.3, -0.25) is 4.68 Å². The van der Waals surface area contributed by atoms with Crippen LogP contribution in [0.3, 0.4) is 0 Å². The number of aromatic nitrogens is 2. The molecule has 2 heteroatoms. The Morgan fingerprint density at radius 3 is 3.09 bits per heavy atom. The van der Waals surface area contributed by atoms with E-state index < -0.39 is 0 Å². The summed E-state index contributed by atoms with van der Waals surface area (Å²) in [6, 6.07) is 0. The molecule has 0 aliphatic rings. The van der Waals surface area contributed by atoms with Crippen LogP contribution in [-0.2, 0) is 6.54 Å². The second-order valence-electron chi connectivity index (χ2n) is 2.00. The Morgan fingerprint density at radius 2 is 2.55 bits per heavy atom. The van der Waals surface area contributed by atoms with Crippen LogP contribution in [0.1, 0.15) is 12.5 Å². The van der Waals surface area contributed by atoms with E-state index in [0.717, 1.165) is 5.56 Å². The summed E-state index contributed by atoms with van der Waals surface area (Å²) in [4.78, 5) is 0. The first-order chi connectivity index (χ1) is 5.36. The molecular formula is C9H8N2. The molecule has 0 unspecified atom stereocenters. The summed E-state index contributed by atoms with van der Waals surface area (Å²) in [5.74, 6) is 8.16. The van der Waals surface area contributed by atoms with Crippen LogP contribution in [0.2, 0.25) is 0 Å². The molecule has 0 saturated carbocycles. The van der Waals surface area contributed by atoms with Gasteiger partial charge < -0.3 is 0 Å². The maximum atomic E-state index is 5.15. The van der Waals surface area contributed by atoms with Gasteiger partial charge in [0.1, 0.15) is 6.54 Å². The van der Waals surface area contributed by atoms with E-state index in [4.69, 9.17) is 6.42 Å². The van der Waals surface area contributed by atoms with Gasteiger partial charge in [-0.2, -0.15) is 5.10 Å². The monoisotopic (exact) mass is 144 g/mol. The normalized spacial score (nSPS) is 8.00. The first kappa shape index (κ1) is 7.44. The second kappa shape index (κ2) is 3.49. The maximum Gasteiger partial charge on any atom is 0.102 e. The number of terminal acetylenes is 1. The van der Waals surface area contributed by atoms with Crippen molar-refractivity contribution >= 4 is 0 Å². The Labute approximate surface area is 66.2 Å². The fraction of sp³-hybridized carbons (Fsp3) is 0.222. The Hall–Kier alpha value is -1.67. The van der Waals surface area contributed by atoms with Crippen LogP contribution in [0.25, 0.3) is 0 Å². The first-order valence-corrected chi connectivity index (χ1v) is 3.25. The minimum atomic E-state index is 0.609. The van der Waals surface area contributed by atoms with Gasteiger partial charge in [0.15, 0.2) is 0 Å². The number of nitrogens with zero attached hydrogens (tertiary/aromatic N) is 2. The highest BCUT2D eigenvalue weighted by molar-refractivity contribution is 5.26. The minimum absolute atomic E-state index is 0.609. The van der Waals surface area contributed by atoms with Crippen LogP contribution in [0.4, 0.5) is 0 Å². The van der Waals surface area contributed by atoms with Crippen LogP contribution in [0, 0.1) is 24.2 Å². The molecule has 0 aromatic carbocycles. The Bertz CT molecular complexity index is 330. The largest absolute Gasteiger partial charge is 0.259 e. The molecule has 2 nitrogen and oxygen atoms in total. The van der Waals surface area contributed by atoms with Crippen molar-refractivity contribution in [1.82, 2.24) is 9.78 Å². The summed E-state index contributed by atoms with van der Waals surface area (Å²) in [6.07, 6.45) is 8.60. The molecule has 1 heterocycles. The summed E-state index contributed by atoms with van der Waals surface area (Å²) in [5, 5.41) is 4.00. The standard InChI is InChI=1S/C9H8N2/c1-3-5-6-11-8-9(4-2)7-10-11/h2,7-8H,6H2,1H3. The van der Waals surface area contributed by atoms with Gasteiger partial charge in [-0.15, -0.1) is 12.3 Å². The highest BCUT2D eigenvalue weighted by Crippen LogP contribution is 1.93. The summed E-state index contributed by atoms with van der Waals surface area (Å²) in [5.41, 5.74) is 0.794. The molecule has 0 aliphatic heterocycles. The summed E-state index contributed by atoms with van der Waals surface area (Å²) in [6.45, 7) is 2.41. The molecule has 0 spiro atoms. The summed E-state index contributed by atoms with van der Waals surface area (Å²) >= 11 is 0. The number of hydrogen-bond acceptors (Lipinski definition) is 1. The van der Waals surface area contributed by atoms with Gasteiger partial charge in [-0.05, 0) is 6.92 Å². The topological polar surface area (TPSA) is 17.8 Å². The molecule has 0 radical (unpaired) electrons. The van der Waals surface area contributed by atoms with Crippen molar-refractivity contribution in [2.24, 2.45) is 0 Å². The van der Waals surface area contributed by atoms with Crippen molar-refractivity contribution in [1.29, 1.82) is 0 Å². The van der Waals surface area contributed by atoms with E-state index in [2.05, 4.69) is 22.9 Å². The van der Waals surface area contributed by atoms with E-state index in [1.165, 1.54) is 0 Å². The third-order valence-electron chi connectivity index (χ3n) is 1.22. The third kappa shape index (κ3) is 1.88. The number of hydrogen-bond donors (Lipinski definition) is 0. The van der Waals surface area contributed by atoms with Crippen molar-refractivity contribution < 1.29 is 0 Å². The van der Waals surface area contributed by atoms with E-state index >= 15 is 0 Å². The molecule has 0 bridgehead atoms. The maximum absolute atomic E-state index is 5.15. The van der Waals surface area contributed by atoms with Gasteiger partial charge in [-0.25, -0.2) is 0 Å². The Balaban J connectivity index is 2.72. The zero-order valence-corrected chi connectivity index (χ0v) is 6.33. The molecule has 0 aliphatic carbocycles. The average molecular weight is 144 g/mol. The molecule has 0 atom stereocenters. The van der Waals surface area contributed by atoms with Crippen molar-refractivity contribution in [2.75, 3.05) is 0 Å². The van der Waals surface area contributed by atoms with Gasteiger partial charge in [-0.1, -0.05) is 11.8 Å². The quantitative estimate of drug-likeness (QED) is 0.535. The SMILES string of the molecule is C#Cc1cnn(CC#CC)c1. The molecule has 1 aromatic heterocycles. The second-order valence-corrected chi connectivity index (χ2v) is 2.00. The lowest BCUT2D eigenvalue weighted by Gasteiger charge is -1.88.